The Balaban J connectivity index is 1.34. The Morgan fingerprint density at radius 1 is 0.789 bits per heavy atom. The lowest BCUT2D eigenvalue weighted by molar-refractivity contribution is -0.488. The summed E-state index contributed by atoms with van der Waals surface area (Å²) in [7, 11) is 0. The molecule has 7 rings (SSSR count). The topological polar surface area (TPSA) is 48.1 Å². The number of nitrogens with zero attached hydrogens (tertiary/aromatic N) is 2. The van der Waals surface area contributed by atoms with Gasteiger partial charge in [-0.2, -0.15) is 4.58 Å². The van der Waals surface area contributed by atoms with Crippen molar-refractivity contribution in [3.05, 3.63) is 123 Å². The highest BCUT2D eigenvalue weighted by Crippen LogP contribution is 2.42. The number of rotatable bonds is 5. The van der Waals surface area contributed by atoms with Gasteiger partial charge in [0.2, 0.25) is 11.5 Å². The summed E-state index contributed by atoms with van der Waals surface area (Å²) in [5.41, 5.74) is 9.91. The van der Waals surface area contributed by atoms with Gasteiger partial charge < -0.3 is 9.67 Å². The number of carbonyl (C=O) groups excluding carboxylic acids is 1. The molecular formula is C34H32N2O2. The molecular weight excluding hydrogens is 468 g/mol. The molecule has 0 unspecified atom stereocenters. The maximum atomic E-state index is 13.9. The van der Waals surface area contributed by atoms with Crippen LogP contribution in [0, 0.1) is 0 Å². The van der Waals surface area contributed by atoms with Gasteiger partial charge in [0.25, 0.3) is 0 Å². The number of benzene rings is 2. The minimum Gasteiger partial charge on any atom is -0.871 e. The van der Waals surface area contributed by atoms with E-state index in [2.05, 4.69) is 45.6 Å². The zero-order valence-corrected chi connectivity index (χ0v) is 21.7. The number of hydrogen-bond donors (Lipinski definition) is 0. The molecule has 4 nitrogen and oxygen atoms in total. The van der Waals surface area contributed by atoms with Gasteiger partial charge in [0, 0.05) is 41.4 Å². The highest BCUT2D eigenvalue weighted by atomic mass is 16.3. The molecule has 2 aromatic carbocycles. The second-order valence-electron chi connectivity index (χ2n) is 11.0. The van der Waals surface area contributed by atoms with Crippen molar-refractivity contribution in [3.8, 4) is 0 Å². The van der Waals surface area contributed by atoms with E-state index in [4.69, 9.17) is 0 Å². The summed E-state index contributed by atoms with van der Waals surface area (Å²) in [6.45, 7) is 1.37. The molecule has 3 aromatic rings. The van der Waals surface area contributed by atoms with E-state index in [0.717, 1.165) is 62.8 Å². The molecule has 4 aliphatic rings. The van der Waals surface area contributed by atoms with Crippen LogP contribution in [-0.2, 0) is 30.7 Å². The van der Waals surface area contributed by atoms with Gasteiger partial charge in [0.05, 0.1) is 11.3 Å². The number of carbonyl (C=O) groups is 1. The van der Waals surface area contributed by atoms with Crippen LogP contribution in [0.1, 0.15) is 66.6 Å². The maximum absolute atomic E-state index is 13.9. The van der Waals surface area contributed by atoms with Crippen LogP contribution >= 0.6 is 0 Å². The molecule has 2 heterocycles. The summed E-state index contributed by atoms with van der Waals surface area (Å²) in [4.78, 5) is 13.9. The first kappa shape index (κ1) is 23.2. The lowest BCUT2D eigenvalue weighted by Gasteiger charge is -2.31. The van der Waals surface area contributed by atoms with Crippen molar-refractivity contribution < 1.29 is 14.5 Å². The Morgan fingerprint density at radius 2 is 1.47 bits per heavy atom. The van der Waals surface area contributed by atoms with Crippen molar-refractivity contribution in [1.82, 2.24) is 4.57 Å². The Bertz CT molecular complexity index is 1570. The second-order valence-corrected chi connectivity index (χ2v) is 11.0. The summed E-state index contributed by atoms with van der Waals surface area (Å²) in [5, 5.41) is 13.9. The molecule has 0 atom stereocenters. The third kappa shape index (κ3) is 3.82. The molecule has 0 N–H and O–H groups in total. The van der Waals surface area contributed by atoms with Gasteiger partial charge in [0.15, 0.2) is 12.3 Å². The number of aromatic nitrogens is 1. The molecule has 4 heteroatoms. The zero-order chi connectivity index (χ0) is 25.6. The Kier molecular flexibility index (Phi) is 5.76. The number of hydrogen-bond acceptors (Lipinski definition) is 2. The molecule has 1 saturated carbocycles. The highest BCUT2D eigenvalue weighted by molar-refractivity contribution is 6.39. The van der Waals surface area contributed by atoms with Crippen molar-refractivity contribution in [1.29, 1.82) is 0 Å². The van der Waals surface area contributed by atoms with Crippen LogP contribution in [0.5, 0.6) is 0 Å². The number of ketones is 1. The fourth-order valence-electron chi connectivity index (χ4n) is 6.70. The van der Waals surface area contributed by atoms with Gasteiger partial charge in [-0.1, -0.05) is 66.4 Å². The second kappa shape index (κ2) is 9.43. The fourth-order valence-corrected chi connectivity index (χ4v) is 6.70. The van der Waals surface area contributed by atoms with E-state index >= 15 is 0 Å². The predicted molar refractivity (Wildman–Crippen MR) is 148 cm³/mol. The third-order valence-corrected chi connectivity index (χ3v) is 8.60. The van der Waals surface area contributed by atoms with Gasteiger partial charge in [-0.25, -0.2) is 0 Å². The third-order valence-electron chi connectivity index (χ3n) is 8.60. The van der Waals surface area contributed by atoms with Crippen LogP contribution in [0.4, 0.5) is 0 Å². The summed E-state index contributed by atoms with van der Waals surface area (Å²) < 4.78 is 4.50. The molecule has 38 heavy (non-hydrogen) atoms. The minimum absolute atomic E-state index is 0.0942. The van der Waals surface area contributed by atoms with Crippen LogP contribution in [0.2, 0.25) is 0 Å². The summed E-state index contributed by atoms with van der Waals surface area (Å²) in [6, 6.07) is 22.8. The van der Waals surface area contributed by atoms with Crippen LogP contribution in [0.3, 0.4) is 0 Å². The van der Waals surface area contributed by atoms with Crippen LogP contribution in [-0.4, -0.2) is 20.6 Å². The van der Waals surface area contributed by atoms with Gasteiger partial charge in [0.1, 0.15) is 0 Å². The lowest BCUT2D eigenvalue weighted by Crippen LogP contribution is -2.33. The average Bonchev–Trinajstić information content (AvgIpc) is 3.48. The SMILES string of the molecule is O=C1C(c2cc3c(n2Cc2ccccc2)CCCC3)=C([O-])/C1=C1\C=C2CCCCC2=[N+]1Cc1ccccc1. The Hall–Kier alpha value is -3.92. The first-order chi connectivity index (χ1) is 18.7. The minimum atomic E-state index is -0.0942. The summed E-state index contributed by atoms with van der Waals surface area (Å²) in [5.74, 6) is -0.188. The first-order valence-corrected chi connectivity index (χ1v) is 14.0. The lowest BCUT2D eigenvalue weighted by atomic mass is 9.84. The molecule has 0 spiro atoms. The molecule has 1 aliphatic heterocycles. The molecule has 0 amide bonds. The maximum Gasteiger partial charge on any atom is 0.216 e. The van der Waals surface area contributed by atoms with E-state index < -0.39 is 0 Å². The van der Waals surface area contributed by atoms with Crippen LogP contribution in [0.25, 0.3) is 5.57 Å². The van der Waals surface area contributed by atoms with Gasteiger partial charge in [-0.3, -0.25) is 4.79 Å². The molecule has 0 saturated heterocycles. The molecule has 0 radical (unpaired) electrons. The van der Waals surface area contributed by atoms with Crippen molar-refractivity contribution in [2.24, 2.45) is 0 Å². The molecule has 190 valence electrons. The van der Waals surface area contributed by atoms with Gasteiger partial charge in [-0.15, -0.1) is 0 Å². The average molecular weight is 501 g/mol. The first-order valence-electron chi connectivity index (χ1n) is 14.0. The Labute approximate surface area is 224 Å². The van der Waals surface area contributed by atoms with Gasteiger partial charge >= 0.3 is 0 Å². The number of aryl methyl sites for hydroxylation is 1. The van der Waals surface area contributed by atoms with E-state index in [1.165, 1.54) is 33.7 Å². The van der Waals surface area contributed by atoms with E-state index in [1.54, 1.807) is 0 Å². The van der Waals surface area contributed by atoms with Crippen molar-refractivity contribution in [2.45, 2.75) is 64.5 Å². The molecule has 1 fully saturated rings. The van der Waals surface area contributed by atoms with E-state index in [1.807, 2.05) is 36.4 Å². The van der Waals surface area contributed by atoms with Crippen LogP contribution < -0.4 is 5.11 Å². The van der Waals surface area contributed by atoms with Crippen LogP contribution in [0.15, 0.2) is 95.4 Å². The molecule has 3 aliphatic carbocycles. The summed E-state index contributed by atoms with van der Waals surface area (Å²) in [6.07, 6.45) is 10.8. The largest absolute Gasteiger partial charge is 0.871 e. The van der Waals surface area contributed by atoms with E-state index in [9.17, 15) is 9.90 Å². The smallest absolute Gasteiger partial charge is 0.216 e. The number of allylic oxidation sites excluding steroid dienone is 4. The summed E-state index contributed by atoms with van der Waals surface area (Å²) >= 11 is 0. The Morgan fingerprint density at radius 3 is 2.24 bits per heavy atom. The standard InChI is InChI=1S/C34H32N2O2/c37-33-31(29-19-25-15-7-9-17-27(25)35(29)21-23-11-3-1-4-12-23)34(38)32(33)30-20-26-16-8-10-18-28(26)36(30)22-24-13-5-2-6-14-24/h1-6,11-14,19-20H,7-10,15-18,21-22H2. The normalized spacial score (nSPS) is 20.8. The predicted octanol–water partition coefficient (Wildman–Crippen LogP) is 5.49. The molecule has 1 aromatic heterocycles. The van der Waals surface area contributed by atoms with E-state index in [0.29, 0.717) is 24.2 Å². The number of Topliss-reactive ketones (excluding diaryl/α,β-unsaturated/α-hetero) is 1. The quantitative estimate of drug-likeness (QED) is 0.344. The van der Waals surface area contributed by atoms with Gasteiger partial charge in [-0.05, 0) is 62.1 Å². The molecule has 0 bridgehead atoms. The van der Waals surface area contributed by atoms with Crippen molar-refractivity contribution in [3.63, 3.8) is 0 Å². The van der Waals surface area contributed by atoms with E-state index in [-0.39, 0.29) is 11.5 Å². The van der Waals surface area contributed by atoms with Crippen molar-refractivity contribution >= 4 is 17.1 Å². The fraction of sp³-hybridized carbons (Fsp3) is 0.294. The monoisotopic (exact) mass is 500 g/mol. The zero-order valence-electron chi connectivity index (χ0n) is 21.7. The number of fused-ring (bicyclic) bond motifs is 2. The van der Waals surface area contributed by atoms with Crippen molar-refractivity contribution in [2.75, 3.05) is 0 Å². The highest BCUT2D eigenvalue weighted by Gasteiger charge is 2.41.